The zero-order valence-electron chi connectivity index (χ0n) is 11.1. The van der Waals surface area contributed by atoms with E-state index in [1.807, 2.05) is 12.4 Å². The number of hydrogen-bond acceptors (Lipinski definition) is 2. The van der Waals surface area contributed by atoms with Crippen LogP contribution in [0.25, 0.3) is 0 Å². The molecule has 0 amide bonds. The van der Waals surface area contributed by atoms with Crippen molar-refractivity contribution in [3.05, 3.63) is 18.2 Å². The van der Waals surface area contributed by atoms with E-state index in [0.29, 0.717) is 6.04 Å². The molecule has 0 saturated heterocycles. The molecule has 3 unspecified atom stereocenters. The maximum atomic E-state index is 4.36. The van der Waals surface area contributed by atoms with Gasteiger partial charge in [0.2, 0.25) is 0 Å². The van der Waals surface area contributed by atoms with Gasteiger partial charge >= 0.3 is 0 Å². The highest BCUT2D eigenvalue weighted by molar-refractivity contribution is 4.95. The number of H-pyrrole nitrogens is 1. The Morgan fingerprint density at radius 1 is 1.53 bits per heavy atom. The molecule has 0 aliphatic heterocycles. The normalized spacial score (nSPS) is 26.2. The lowest BCUT2D eigenvalue weighted by Gasteiger charge is -2.27. The highest BCUT2D eigenvalue weighted by Gasteiger charge is 2.30. The number of imidazole rings is 1. The number of nitrogens with one attached hydrogen (secondary N) is 2. The van der Waals surface area contributed by atoms with Crippen molar-refractivity contribution >= 4 is 0 Å². The van der Waals surface area contributed by atoms with Gasteiger partial charge in [0.25, 0.3) is 0 Å². The van der Waals surface area contributed by atoms with Crippen molar-refractivity contribution < 1.29 is 0 Å². The Morgan fingerprint density at radius 3 is 3.00 bits per heavy atom. The Bertz CT molecular complexity index is 307. The van der Waals surface area contributed by atoms with E-state index in [0.717, 1.165) is 30.6 Å². The van der Waals surface area contributed by atoms with Crippen LogP contribution in [0.5, 0.6) is 0 Å². The van der Waals surface area contributed by atoms with Crippen LogP contribution in [0.3, 0.4) is 0 Å². The van der Waals surface area contributed by atoms with Crippen LogP contribution in [0, 0.1) is 11.8 Å². The Morgan fingerprint density at radius 2 is 2.41 bits per heavy atom. The first-order valence-electron chi connectivity index (χ1n) is 7.03. The van der Waals surface area contributed by atoms with Gasteiger partial charge in [-0.15, -0.1) is 0 Å². The van der Waals surface area contributed by atoms with Gasteiger partial charge in [-0.25, -0.2) is 4.98 Å². The summed E-state index contributed by atoms with van der Waals surface area (Å²) in [4.78, 5) is 7.60. The van der Waals surface area contributed by atoms with Crippen LogP contribution in [0.15, 0.2) is 12.4 Å². The zero-order chi connectivity index (χ0) is 12.1. The first-order valence-corrected chi connectivity index (χ1v) is 7.03. The van der Waals surface area contributed by atoms with E-state index < -0.39 is 0 Å². The third-order valence-electron chi connectivity index (χ3n) is 4.07. The van der Waals surface area contributed by atoms with Gasteiger partial charge in [0, 0.05) is 24.9 Å². The molecule has 1 fully saturated rings. The van der Waals surface area contributed by atoms with E-state index in [4.69, 9.17) is 0 Å². The molecule has 2 N–H and O–H groups in total. The second-order valence-electron chi connectivity index (χ2n) is 5.37. The lowest BCUT2D eigenvalue weighted by atomic mass is 9.88. The topological polar surface area (TPSA) is 40.7 Å². The maximum Gasteiger partial charge on any atom is 0.107 e. The molecule has 0 radical (unpaired) electrons. The highest BCUT2D eigenvalue weighted by Crippen LogP contribution is 2.34. The van der Waals surface area contributed by atoms with E-state index >= 15 is 0 Å². The van der Waals surface area contributed by atoms with E-state index in [1.165, 1.54) is 25.7 Å². The molecule has 0 spiro atoms. The van der Waals surface area contributed by atoms with Crippen molar-refractivity contribution in [1.82, 2.24) is 15.3 Å². The molecular weight excluding hydrogens is 210 g/mol. The molecule has 1 aromatic rings. The lowest BCUT2D eigenvalue weighted by molar-refractivity contribution is 0.292. The van der Waals surface area contributed by atoms with Gasteiger partial charge in [0.05, 0.1) is 0 Å². The van der Waals surface area contributed by atoms with Crippen molar-refractivity contribution in [3.63, 3.8) is 0 Å². The summed E-state index contributed by atoms with van der Waals surface area (Å²) in [6.45, 7) is 5.75. The molecule has 3 heteroatoms. The smallest absolute Gasteiger partial charge is 0.107 e. The van der Waals surface area contributed by atoms with Crippen LogP contribution < -0.4 is 5.32 Å². The maximum absolute atomic E-state index is 4.36. The quantitative estimate of drug-likeness (QED) is 0.796. The molecule has 96 valence electrons. The molecule has 0 bridgehead atoms. The van der Waals surface area contributed by atoms with Crippen molar-refractivity contribution in [2.24, 2.45) is 11.8 Å². The summed E-state index contributed by atoms with van der Waals surface area (Å²) in [6, 6.07) is 0.596. The minimum Gasteiger partial charge on any atom is -0.349 e. The van der Waals surface area contributed by atoms with Gasteiger partial charge in [-0.2, -0.15) is 0 Å². The molecule has 2 rings (SSSR count). The second-order valence-corrected chi connectivity index (χ2v) is 5.37. The van der Waals surface area contributed by atoms with Crippen molar-refractivity contribution in [2.45, 2.75) is 52.0 Å². The molecule has 1 saturated carbocycles. The summed E-state index contributed by atoms with van der Waals surface area (Å²) in [6.07, 6.45) is 10.2. The minimum atomic E-state index is 0.596. The number of rotatable bonds is 6. The second kappa shape index (κ2) is 6.20. The van der Waals surface area contributed by atoms with E-state index in [2.05, 4.69) is 29.1 Å². The Labute approximate surface area is 104 Å². The first-order chi connectivity index (χ1) is 8.31. The SMILES string of the molecule is CCCNC(Cc1ncc[nH]1)C1CCCC1C. The Hall–Kier alpha value is -0.830. The third-order valence-corrected chi connectivity index (χ3v) is 4.07. The summed E-state index contributed by atoms with van der Waals surface area (Å²) in [5.41, 5.74) is 0. The van der Waals surface area contributed by atoms with Crippen LogP contribution in [-0.2, 0) is 6.42 Å². The average molecular weight is 235 g/mol. The summed E-state index contributed by atoms with van der Waals surface area (Å²) in [5.74, 6) is 2.81. The standard InChI is InChI=1S/C14H25N3/c1-3-7-15-13(10-14-16-8-9-17-14)12-6-4-5-11(12)2/h8-9,11-13,15H,3-7,10H2,1-2H3,(H,16,17). The van der Waals surface area contributed by atoms with Gasteiger partial charge in [0.15, 0.2) is 0 Å². The molecule has 1 aliphatic carbocycles. The monoisotopic (exact) mass is 235 g/mol. The van der Waals surface area contributed by atoms with Gasteiger partial charge in [-0.05, 0) is 31.2 Å². The fraction of sp³-hybridized carbons (Fsp3) is 0.786. The van der Waals surface area contributed by atoms with Crippen LogP contribution in [0.2, 0.25) is 0 Å². The van der Waals surface area contributed by atoms with Gasteiger partial charge in [-0.1, -0.05) is 26.7 Å². The van der Waals surface area contributed by atoms with Crippen LogP contribution in [0.1, 0.15) is 45.4 Å². The van der Waals surface area contributed by atoms with Crippen LogP contribution >= 0.6 is 0 Å². The van der Waals surface area contributed by atoms with E-state index in [9.17, 15) is 0 Å². The van der Waals surface area contributed by atoms with Gasteiger partial charge in [-0.3, -0.25) is 0 Å². The van der Waals surface area contributed by atoms with E-state index in [1.54, 1.807) is 0 Å². The fourth-order valence-corrected chi connectivity index (χ4v) is 3.09. The lowest BCUT2D eigenvalue weighted by Crippen LogP contribution is -2.39. The third kappa shape index (κ3) is 3.32. The number of nitrogens with zero attached hydrogens (tertiary/aromatic N) is 1. The largest absolute Gasteiger partial charge is 0.349 e. The van der Waals surface area contributed by atoms with Crippen molar-refractivity contribution in [3.8, 4) is 0 Å². The number of aromatic amines is 1. The molecule has 0 aromatic carbocycles. The Kier molecular flexibility index (Phi) is 4.60. The van der Waals surface area contributed by atoms with Crippen molar-refractivity contribution in [1.29, 1.82) is 0 Å². The predicted molar refractivity (Wildman–Crippen MR) is 70.9 cm³/mol. The fourth-order valence-electron chi connectivity index (χ4n) is 3.09. The van der Waals surface area contributed by atoms with Gasteiger partial charge in [0.1, 0.15) is 5.82 Å². The summed E-state index contributed by atoms with van der Waals surface area (Å²) in [7, 11) is 0. The Balaban J connectivity index is 1.97. The van der Waals surface area contributed by atoms with E-state index in [-0.39, 0.29) is 0 Å². The van der Waals surface area contributed by atoms with Crippen LogP contribution in [-0.4, -0.2) is 22.6 Å². The number of hydrogen-bond donors (Lipinski definition) is 2. The first kappa shape index (κ1) is 12.6. The van der Waals surface area contributed by atoms with Crippen molar-refractivity contribution in [2.75, 3.05) is 6.54 Å². The molecule has 1 heterocycles. The highest BCUT2D eigenvalue weighted by atomic mass is 15.0. The zero-order valence-corrected chi connectivity index (χ0v) is 11.1. The molecular formula is C14H25N3. The molecule has 1 aromatic heterocycles. The summed E-state index contributed by atoms with van der Waals surface area (Å²) < 4.78 is 0. The minimum absolute atomic E-state index is 0.596. The van der Waals surface area contributed by atoms with Crippen LogP contribution in [0.4, 0.5) is 0 Å². The summed E-state index contributed by atoms with van der Waals surface area (Å²) >= 11 is 0. The summed E-state index contributed by atoms with van der Waals surface area (Å²) in [5, 5.41) is 3.72. The molecule has 3 nitrogen and oxygen atoms in total. The predicted octanol–water partition coefficient (Wildman–Crippen LogP) is 2.76. The molecule has 1 aliphatic rings. The molecule has 3 atom stereocenters. The number of aromatic nitrogens is 2. The van der Waals surface area contributed by atoms with Gasteiger partial charge < -0.3 is 10.3 Å². The average Bonchev–Trinajstić information content (AvgIpc) is 2.95. The molecule has 17 heavy (non-hydrogen) atoms.